The fourth-order valence-corrected chi connectivity index (χ4v) is 2.99. The first-order valence-electron chi connectivity index (χ1n) is 9.16. The Kier molecular flexibility index (Phi) is 7.56. The van der Waals surface area contributed by atoms with Gasteiger partial charge >= 0.3 is 5.97 Å². The number of anilines is 1. The SMILES string of the molecule is Cc1cc(Br)ccc1NC(=O)CNC(=O)COC(=O)c1ccc(C(C)(C)C)cc1. The summed E-state index contributed by atoms with van der Waals surface area (Å²) in [4.78, 5) is 35.9. The van der Waals surface area contributed by atoms with Gasteiger partial charge in [-0.15, -0.1) is 0 Å². The Balaban J connectivity index is 1.77. The number of rotatable bonds is 6. The van der Waals surface area contributed by atoms with E-state index in [1.165, 1.54) is 0 Å². The van der Waals surface area contributed by atoms with E-state index in [-0.39, 0.29) is 17.9 Å². The zero-order chi connectivity index (χ0) is 21.6. The zero-order valence-electron chi connectivity index (χ0n) is 17.0. The molecule has 0 heterocycles. The molecule has 29 heavy (non-hydrogen) atoms. The van der Waals surface area contributed by atoms with Gasteiger partial charge in [-0.05, 0) is 53.8 Å². The van der Waals surface area contributed by atoms with Gasteiger partial charge in [0.1, 0.15) is 0 Å². The number of esters is 1. The first-order valence-corrected chi connectivity index (χ1v) is 9.96. The van der Waals surface area contributed by atoms with E-state index < -0.39 is 18.5 Å². The highest BCUT2D eigenvalue weighted by Crippen LogP contribution is 2.22. The number of hydrogen-bond donors (Lipinski definition) is 2. The molecular formula is C22H25BrN2O4. The highest BCUT2D eigenvalue weighted by Gasteiger charge is 2.16. The molecule has 0 saturated heterocycles. The molecule has 0 unspecified atom stereocenters. The Morgan fingerprint density at radius 3 is 2.24 bits per heavy atom. The van der Waals surface area contributed by atoms with E-state index in [0.717, 1.165) is 15.6 Å². The first kappa shape index (κ1) is 22.6. The van der Waals surface area contributed by atoms with Gasteiger partial charge in [0.25, 0.3) is 5.91 Å². The third-order valence-electron chi connectivity index (χ3n) is 4.23. The number of nitrogens with one attached hydrogen (secondary N) is 2. The van der Waals surface area contributed by atoms with Gasteiger partial charge in [-0.2, -0.15) is 0 Å². The number of carbonyl (C=O) groups excluding carboxylic acids is 3. The highest BCUT2D eigenvalue weighted by atomic mass is 79.9. The van der Waals surface area contributed by atoms with Crippen LogP contribution in [0, 0.1) is 6.92 Å². The quantitative estimate of drug-likeness (QED) is 0.638. The maximum Gasteiger partial charge on any atom is 0.338 e. The van der Waals surface area contributed by atoms with Crippen molar-refractivity contribution < 1.29 is 19.1 Å². The topological polar surface area (TPSA) is 84.5 Å². The van der Waals surface area contributed by atoms with Crippen LogP contribution in [-0.2, 0) is 19.7 Å². The Hall–Kier alpha value is -2.67. The van der Waals surface area contributed by atoms with Crippen molar-refractivity contribution in [2.45, 2.75) is 33.1 Å². The van der Waals surface area contributed by atoms with E-state index in [1.807, 2.05) is 31.2 Å². The Labute approximate surface area is 179 Å². The van der Waals surface area contributed by atoms with E-state index in [9.17, 15) is 14.4 Å². The van der Waals surface area contributed by atoms with Crippen molar-refractivity contribution in [2.75, 3.05) is 18.5 Å². The molecule has 0 aromatic heterocycles. The van der Waals surface area contributed by atoms with Crippen LogP contribution in [0.25, 0.3) is 0 Å². The van der Waals surface area contributed by atoms with Gasteiger partial charge in [0.15, 0.2) is 6.61 Å². The summed E-state index contributed by atoms with van der Waals surface area (Å²) >= 11 is 3.36. The fraction of sp³-hybridized carbons (Fsp3) is 0.318. The molecule has 0 spiro atoms. The van der Waals surface area contributed by atoms with Crippen molar-refractivity contribution in [3.63, 3.8) is 0 Å². The van der Waals surface area contributed by atoms with Crippen LogP contribution >= 0.6 is 15.9 Å². The average Bonchev–Trinajstić information content (AvgIpc) is 2.66. The molecule has 6 nitrogen and oxygen atoms in total. The minimum atomic E-state index is -0.587. The molecule has 0 atom stereocenters. The lowest BCUT2D eigenvalue weighted by molar-refractivity contribution is -0.126. The molecule has 2 aromatic carbocycles. The standard InChI is InChI=1S/C22H25BrN2O4/c1-14-11-17(23)9-10-18(14)25-19(26)12-24-20(27)13-29-21(28)15-5-7-16(8-6-15)22(2,3)4/h5-11H,12-13H2,1-4H3,(H,24,27)(H,25,26). The van der Waals surface area contributed by atoms with Crippen LogP contribution in [0.15, 0.2) is 46.9 Å². The van der Waals surface area contributed by atoms with Crippen molar-refractivity contribution in [1.29, 1.82) is 0 Å². The molecule has 0 bridgehead atoms. The van der Waals surface area contributed by atoms with Crippen molar-refractivity contribution in [3.8, 4) is 0 Å². The molecule has 2 rings (SSSR count). The Morgan fingerprint density at radius 2 is 1.66 bits per heavy atom. The molecule has 2 aromatic rings. The third-order valence-corrected chi connectivity index (χ3v) is 4.72. The maximum absolute atomic E-state index is 12.1. The van der Waals surface area contributed by atoms with Crippen LogP contribution < -0.4 is 10.6 Å². The lowest BCUT2D eigenvalue weighted by atomic mass is 9.87. The summed E-state index contributed by atoms with van der Waals surface area (Å²) in [6, 6.07) is 12.5. The second-order valence-corrected chi connectivity index (χ2v) is 8.60. The van der Waals surface area contributed by atoms with Crippen LogP contribution in [-0.4, -0.2) is 30.9 Å². The highest BCUT2D eigenvalue weighted by molar-refractivity contribution is 9.10. The summed E-state index contributed by atoms with van der Waals surface area (Å²) in [5, 5.41) is 5.15. The van der Waals surface area contributed by atoms with E-state index >= 15 is 0 Å². The molecule has 0 saturated carbocycles. The molecule has 0 aliphatic rings. The number of amides is 2. The molecule has 0 aliphatic carbocycles. The smallest absolute Gasteiger partial charge is 0.338 e. The molecule has 2 amide bonds. The number of carbonyl (C=O) groups is 3. The first-order chi connectivity index (χ1) is 13.6. The largest absolute Gasteiger partial charge is 0.452 e. The van der Waals surface area contributed by atoms with Crippen LogP contribution in [0.5, 0.6) is 0 Å². The molecule has 7 heteroatoms. The van der Waals surface area contributed by atoms with Crippen molar-refractivity contribution in [1.82, 2.24) is 5.32 Å². The lowest BCUT2D eigenvalue weighted by Crippen LogP contribution is -2.35. The van der Waals surface area contributed by atoms with Crippen molar-refractivity contribution in [3.05, 3.63) is 63.6 Å². The molecule has 154 valence electrons. The summed E-state index contributed by atoms with van der Waals surface area (Å²) in [5.41, 5.74) is 3.01. The van der Waals surface area contributed by atoms with Gasteiger partial charge in [0.05, 0.1) is 12.1 Å². The van der Waals surface area contributed by atoms with Gasteiger partial charge < -0.3 is 15.4 Å². The second-order valence-electron chi connectivity index (χ2n) is 7.69. The Bertz CT molecular complexity index is 902. The second kappa shape index (κ2) is 9.69. The predicted molar refractivity (Wildman–Crippen MR) is 116 cm³/mol. The lowest BCUT2D eigenvalue weighted by Gasteiger charge is -2.18. The minimum Gasteiger partial charge on any atom is -0.452 e. The number of halogens is 1. The molecule has 0 aliphatic heterocycles. The van der Waals surface area contributed by atoms with Gasteiger partial charge in [-0.25, -0.2) is 4.79 Å². The third kappa shape index (κ3) is 7.02. The minimum absolute atomic E-state index is 0.0162. The van der Waals surface area contributed by atoms with Crippen molar-refractivity contribution >= 4 is 39.4 Å². The molecular weight excluding hydrogens is 436 g/mol. The van der Waals surface area contributed by atoms with E-state index in [2.05, 4.69) is 47.3 Å². The summed E-state index contributed by atoms with van der Waals surface area (Å²) in [6.07, 6.45) is 0. The normalized spacial score (nSPS) is 10.9. The average molecular weight is 461 g/mol. The maximum atomic E-state index is 12.1. The van der Waals surface area contributed by atoms with Crippen LogP contribution in [0.4, 0.5) is 5.69 Å². The molecule has 0 fully saturated rings. The van der Waals surface area contributed by atoms with Gasteiger partial charge in [0, 0.05) is 10.2 Å². The Morgan fingerprint density at radius 1 is 1.00 bits per heavy atom. The van der Waals surface area contributed by atoms with E-state index in [4.69, 9.17) is 4.74 Å². The van der Waals surface area contributed by atoms with Crippen molar-refractivity contribution in [2.24, 2.45) is 0 Å². The number of benzene rings is 2. The van der Waals surface area contributed by atoms with Gasteiger partial charge in [-0.3, -0.25) is 9.59 Å². The van der Waals surface area contributed by atoms with Crippen LogP contribution in [0.2, 0.25) is 0 Å². The monoisotopic (exact) mass is 460 g/mol. The van der Waals surface area contributed by atoms with E-state index in [1.54, 1.807) is 18.2 Å². The summed E-state index contributed by atoms with van der Waals surface area (Å²) in [7, 11) is 0. The summed E-state index contributed by atoms with van der Waals surface area (Å²) in [6.45, 7) is 7.44. The summed E-state index contributed by atoms with van der Waals surface area (Å²) < 4.78 is 5.92. The zero-order valence-corrected chi connectivity index (χ0v) is 18.6. The predicted octanol–water partition coefficient (Wildman–Crippen LogP) is 3.97. The number of ether oxygens (including phenoxy) is 1. The summed E-state index contributed by atoms with van der Waals surface area (Å²) in [5.74, 6) is -1.50. The fourth-order valence-electron chi connectivity index (χ4n) is 2.51. The number of aryl methyl sites for hydroxylation is 1. The molecule has 0 radical (unpaired) electrons. The van der Waals surface area contributed by atoms with Crippen LogP contribution in [0.1, 0.15) is 42.3 Å². The van der Waals surface area contributed by atoms with Gasteiger partial charge in [-0.1, -0.05) is 48.8 Å². The van der Waals surface area contributed by atoms with Crippen LogP contribution in [0.3, 0.4) is 0 Å². The molecule has 2 N–H and O–H groups in total. The number of hydrogen-bond acceptors (Lipinski definition) is 4. The van der Waals surface area contributed by atoms with Gasteiger partial charge in [0.2, 0.25) is 5.91 Å². The van der Waals surface area contributed by atoms with E-state index in [0.29, 0.717) is 11.3 Å².